The third-order valence-electron chi connectivity index (χ3n) is 3.82. The first kappa shape index (κ1) is 16.5. The van der Waals surface area contributed by atoms with Gasteiger partial charge in [0, 0.05) is 0 Å². The molecule has 24 heavy (non-hydrogen) atoms. The normalized spacial score (nSPS) is 17.0. The standard InChI is InChI=1S/C14H16N4O6/c19-5-8(20)9(21)10(22)11(23)12-16-17-14-15-13(24)6-3-1-2-4-7(6)18(12)14/h1-4,8-11,19-23H,5H2,(H,15,17,24)/t8-,9+,10+,11-/m1/s1. The highest BCUT2D eigenvalue weighted by molar-refractivity contribution is 5.80. The van der Waals surface area contributed by atoms with Gasteiger partial charge in [-0.15, -0.1) is 10.2 Å². The van der Waals surface area contributed by atoms with Gasteiger partial charge in [-0.1, -0.05) is 12.1 Å². The zero-order chi connectivity index (χ0) is 17.4. The number of para-hydroxylation sites is 1. The second kappa shape index (κ2) is 6.26. The highest BCUT2D eigenvalue weighted by Gasteiger charge is 2.34. The Morgan fingerprint density at radius 1 is 1.08 bits per heavy atom. The highest BCUT2D eigenvalue weighted by atomic mass is 16.4. The molecule has 0 aliphatic carbocycles. The fourth-order valence-electron chi connectivity index (χ4n) is 2.51. The Balaban J connectivity index is 2.13. The number of aliphatic hydroxyl groups excluding tert-OH is 5. The first-order valence-electron chi connectivity index (χ1n) is 7.15. The molecule has 0 radical (unpaired) electrons. The molecule has 2 heterocycles. The lowest BCUT2D eigenvalue weighted by Gasteiger charge is -2.24. The maximum Gasteiger partial charge on any atom is 0.260 e. The van der Waals surface area contributed by atoms with Crippen LogP contribution in [0.1, 0.15) is 11.9 Å². The van der Waals surface area contributed by atoms with Gasteiger partial charge < -0.3 is 25.5 Å². The fraction of sp³-hybridized carbons (Fsp3) is 0.357. The summed E-state index contributed by atoms with van der Waals surface area (Å²) in [6.45, 7) is -0.790. The lowest BCUT2D eigenvalue weighted by molar-refractivity contribution is -0.118. The van der Waals surface area contributed by atoms with Crippen LogP contribution in [-0.2, 0) is 0 Å². The molecule has 0 fully saturated rings. The molecule has 10 heteroatoms. The molecule has 10 nitrogen and oxygen atoms in total. The van der Waals surface area contributed by atoms with Crippen molar-refractivity contribution >= 4 is 16.7 Å². The molecule has 6 N–H and O–H groups in total. The largest absolute Gasteiger partial charge is 0.394 e. The minimum atomic E-state index is -1.83. The van der Waals surface area contributed by atoms with Gasteiger partial charge in [0.2, 0.25) is 5.78 Å². The molecular formula is C14H16N4O6. The van der Waals surface area contributed by atoms with E-state index < -0.39 is 31.0 Å². The maximum absolute atomic E-state index is 12.0. The Labute approximate surface area is 134 Å². The first-order valence-corrected chi connectivity index (χ1v) is 7.15. The smallest absolute Gasteiger partial charge is 0.260 e. The van der Waals surface area contributed by atoms with E-state index >= 15 is 0 Å². The number of rotatable bonds is 5. The van der Waals surface area contributed by atoms with Crippen LogP contribution in [0.4, 0.5) is 0 Å². The predicted molar refractivity (Wildman–Crippen MR) is 81.2 cm³/mol. The van der Waals surface area contributed by atoms with Gasteiger partial charge in [-0.2, -0.15) is 0 Å². The van der Waals surface area contributed by atoms with Crippen LogP contribution >= 0.6 is 0 Å². The molecule has 1 aromatic carbocycles. The Morgan fingerprint density at radius 2 is 1.79 bits per heavy atom. The molecule has 4 atom stereocenters. The SMILES string of the molecule is O=c1[nH]c2nnc([C@H](O)[C@@H](O)[C@@H](O)[C@H](O)CO)n2c2ccccc12. The van der Waals surface area contributed by atoms with E-state index in [9.17, 15) is 25.2 Å². The molecule has 0 bridgehead atoms. The van der Waals surface area contributed by atoms with Gasteiger partial charge in [0.15, 0.2) is 5.82 Å². The predicted octanol–water partition coefficient (Wildman–Crippen LogP) is -2.32. The van der Waals surface area contributed by atoms with E-state index in [2.05, 4.69) is 15.2 Å². The fourth-order valence-corrected chi connectivity index (χ4v) is 2.51. The molecule has 0 aliphatic heterocycles. The Bertz CT molecular complexity index is 922. The van der Waals surface area contributed by atoms with E-state index in [0.717, 1.165) is 0 Å². The summed E-state index contributed by atoms with van der Waals surface area (Å²) in [7, 11) is 0. The molecule has 3 rings (SSSR count). The van der Waals surface area contributed by atoms with E-state index in [1.165, 1.54) is 4.40 Å². The van der Waals surface area contributed by atoms with E-state index in [0.29, 0.717) is 10.9 Å². The highest BCUT2D eigenvalue weighted by Crippen LogP contribution is 2.22. The number of nitrogens with one attached hydrogen (secondary N) is 1. The minimum Gasteiger partial charge on any atom is -0.394 e. The van der Waals surface area contributed by atoms with E-state index in [4.69, 9.17) is 5.11 Å². The summed E-state index contributed by atoms with van der Waals surface area (Å²) in [5, 5.41) is 56.1. The molecule has 0 saturated heterocycles. The van der Waals surface area contributed by atoms with Gasteiger partial charge in [-0.3, -0.25) is 14.2 Å². The average Bonchev–Trinajstić information content (AvgIpc) is 3.03. The van der Waals surface area contributed by atoms with Crippen molar-refractivity contribution in [2.45, 2.75) is 24.4 Å². The van der Waals surface area contributed by atoms with Crippen molar-refractivity contribution in [2.24, 2.45) is 0 Å². The van der Waals surface area contributed by atoms with Crippen LogP contribution < -0.4 is 5.56 Å². The van der Waals surface area contributed by atoms with E-state index in [1.54, 1.807) is 24.3 Å². The van der Waals surface area contributed by atoms with E-state index in [-0.39, 0.29) is 17.2 Å². The van der Waals surface area contributed by atoms with Crippen LogP contribution in [0.15, 0.2) is 29.1 Å². The van der Waals surface area contributed by atoms with Crippen molar-refractivity contribution < 1.29 is 25.5 Å². The van der Waals surface area contributed by atoms with E-state index in [1.807, 2.05) is 0 Å². The number of hydrogen-bond acceptors (Lipinski definition) is 8. The summed E-state index contributed by atoms with van der Waals surface area (Å²) in [4.78, 5) is 14.5. The maximum atomic E-state index is 12.0. The number of benzene rings is 1. The number of fused-ring (bicyclic) bond motifs is 3. The minimum absolute atomic E-state index is 0.0529. The average molecular weight is 336 g/mol. The van der Waals surface area contributed by atoms with Gasteiger partial charge in [0.1, 0.15) is 24.4 Å². The van der Waals surface area contributed by atoms with Crippen LogP contribution in [-0.4, -0.2) is 70.0 Å². The molecule has 0 unspecified atom stereocenters. The Morgan fingerprint density at radius 3 is 2.50 bits per heavy atom. The summed E-state index contributed by atoms with van der Waals surface area (Å²) < 4.78 is 1.34. The second-order valence-corrected chi connectivity index (χ2v) is 5.36. The van der Waals surface area contributed by atoms with Gasteiger partial charge in [-0.25, -0.2) is 0 Å². The number of nitrogens with zero attached hydrogens (tertiary/aromatic N) is 3. The third kappa shape index (κ3) is 2.56. The summed E-state index contributed by atoms with van der Waals surface area (Å²) in [6, 6.07) is 6.53. The monoisotopic (exact) mass is 336 g/mol. The summed E-state index contributed by atoms with van der Waals surface area (Å²) in [6.07, 6.45) is -6.98. The van der Waals surface area contributed by atoms with Crippen molar-refractivity contribution in [1.29, 1.82) is 0 Å². The van der Waals surface area contributed by atoms with Gasteiger partial charge in [0.05, 0.1) is 17.5 Å². The summed E-state index contributed by atoms with van der Waals surface area (Å²) in [5.41, 5.74) is 0.0162. The molecule has 2 aromatic heterocycles. The lowest BCUT2D eigenvalue weighted by atomic mass is 10.0. The Hall–Kier alpha value is -2.37. The van der Waals surface area contributed by atoms with Crippen LogP contribution in [0.5, 0.6) is 0 Å². The molecule has 0 spiro atoms. The number of H-pyrrole nitrogens is 1. The molecule has 0 saturated carbocycles. The molecule has 3 aromatic rings. The number of aromatic amines is 1. The van der Waals surface area contributed by atoms with Crippen LogP contribution in [0, 0.1) is 0 Å². The Kier molecular flexibility index (Phi) is 4.30. The number of aromatic nitrogens is 4. The first-order chi connectivity index (χ1) is 11.5. The van der Waals surface area contributed by atoms with Crippen molar-refractivity contribution in [3.63, 3.8) is 0 Å². The zero-order valence-electron chi connectivity index (χ0n) is 12.3. The molecule has 0 amide bonds. The number of hydrogen-bond donors (Lipinski definition) is 6. The molecular weight excluding hydrogens is 320 g/mol. The van der Waals surface area contributed by atoms with Gasteiger partial charge in [-0.05, 0) is 12.1 Å². The van der Waals surface area contributed by atoms with Crippen LogP contribution in [0.3, 0.4) is 0 Å². The van der Waals surface area contributed by atoms with Crippen LogP contribution in [0.25, 0.3) is 16.7 Å². The lowest BCUT2D eigenvalue weighted by Crippen LogP contribution is -2.43. The summed E-state index contributed by atoms with van der Waals surface area (Å²) >= 11 is 0. The van der Waals surface area contributed by atoms with Gasteiger partial charge >= 0.3 is 0 Å². The summed E-state index contributed by atoms with van der Waals surface area (Å²) in [5.74, 6) is -0.0775. The molecule has 128 valence electrons. The third-order valence-corrected chi connectivity index (χ3v) is 3.82. The quantitative estimate of drug-likeness (QED) is 0.302. The second-order valence-electron chi connectivity index (χ2n) is 5.36. The van der Waals surface area contributed by atoms with Crippen molar-refractivity contribution in [2.75, 3.05) is 6.61 Å². The van der Waals surface area contributed by atoms with Crippen molar-refractivity contribution in [1.82, 2.24) is 19.6 Å². The van der Waals surface area contributed by atoms with Crippen molar-refractivity contribution in [3.05, 3.63) is 40.4 Å². The van der Waals surface area contributed by atoms with Crippen LogP contribution in [0.2, 0.25) is 0 Å². The topological polar surface area (TPSA) is 164 Å². The van der Waals surface area contributed by atoms with Gasteiger partial charge in [0.25, 0.3) is 5.56 Å². The van der Waals surface area contributed by atoms with Crippen molar-refractivity contribution in [3.8, 4) is 0 Å². The number of aliphatic hydroxyl groups is 5. The zero-order valence-corrected chi connectivity index (χ0v) is 12.3. The molecule has 0 aliphatic rings.